The van der Waals surface area contributed by atoms with E-state index in [-0.39, 0.29) is 12.6 Å². The second kappa shape index (κ2) is 4.85. The zero-order valence-electron chi connectivity index (χ0n) is 10.0. The number of anilines is 1. The Morgan fingerprint density at radius 3 is 2.56 bits per heavy atom. The van der Waals surface area contributed by atoms with Crippen molar-refractivity contribution in [2.45, 2.75) is 19.0 Å². The van der Waals surface area contributed by atoms with Crippen molar-refractivity contribution < 1.29 is 5.11 Å². The van der Waals surface area contributed by atoms with Crippen LogP contribution >= 0.6 is 0 Å². The average molecular weight is 220 g/mol. The summed E-state index contributed by atoms with van der Waals surface area (Å²) < 4.78 is 0. The van der Waals surface area contributed by atoms with Crippen LogP contribution in [-0.2, 0) is 0 Å². The lowest BCUT2D eigenvalue weighted by atomic mass is 10.1. The van der Waals surface area contributed by atoms with Gasteiger partial charge in [0.2, 0.25) is 0 Å². The lowest BCUT2D eigenvalue weighted by Gasteiger charge is -2.44. The smallest absolute Gasteiger partial charge is 0.0648 e. The molecule has 1 aromatic rings. The van der Waals surface area contributed by atoms with Crippen LogP contribution in [0.4, 0.5) is 5.69 Å². The summed E-state index contributed by atoms with van der Waals surface area (Å²) in [7, 11) is 2.12. The van der Waals surface area contributed by atoms with Crippen molar-refractivity contribution in [1.82, 2.24) is 4.90 Å². The predicted octanol–water partition coefficient (Wildman–Crippen LogP) is 1.19. The number of rotatable bonds is 2. The monoisotopic (exact) mass is 220 g/mol. The molecule has 1 aliphatic heterocycles. The number of aliphatic hydroxyl groups is 1. The van der Waals surface area contributed by atoms with Crippen molar-refractivity contribution in [3.05, 3.63) is 30.3 Å². The highest BCUT2D eigenvalue weighted by Crippen LogP contribution is 2.21. The summed E-state index contributed by atoms with van der Waals surface area (Å²) in [5.74, 6) is 0. The van der Waals surface area contributed by atoms with E-state index < -0.39 is 0 Å². The standard InChI is InChI=1S/C13H20N2O/c1-11-8-15(12-6-4-3-5-7-12)13(10-16)9-14(11)2/h3-7,11,13,16H,8-10H2,1-2H3. The van der Waals surface area contributed by atoms with Gasteiger partial charge in [-0.2, -0.15) is 0 Å². The molecule has 2 atom stereocenters. The van der Waals surface area contributed by atoms with Gasteiger partial charge >= 0.3 is 0 Å². The molecular weight excluding hydrogens is 200 g/mol. The molecule has 0 amide bonds. The molecule has 2 unspecified atom stereocenters. The molecule has 1 fully saturated rings. The molecule has 3 heteroatoms. The normalized spacial score (nSPS) is 27.1. The fourth-order valence-electron chi connectivity index (χ4n) is 2.28. The lowest BCUT2D eigenvalue weighted by molar-refractivity contribution is 0.155. The third-order valence-electron chi connectivity index (χ3n) is 3.45. The van der Waals surface area contributed by atoms with Gasteiger partial charge < -0.3 is 10.0 Å². The van der Waals surface area contributed by atoms with E-state index in [2.05, 4.69) is 35.9 Å². The Bertz CT molecular complexity index is 328. The molecule has 0 aromatic heterocycles. The molecule has 1 aromatic carbocycles. The van der Waals surface area contributed by atoms with E-state index in [4.69, 9.17) is 0 Å². The van der Waals surface area contributed by atoms with E-state index in [1.54, 1.807) is 0 Å². The summed E-state index contributed by atoms with van der Waals surface area (Å²) in [6.45, 7) is 4.34. The Hall–Kier alpha value is -1.06. The van der Waals surface area contributed by atoms with Gasteiger partial charge in [0, 0.05) is 24.8 Å². The molecule has 16 heavy (non-hydrogen) atoms. The van der Waals surface area contributed by atoms with Gasteiger partial charge in [0.05, 0.1) is 12.6 Å². The molecule has 1 N–H and O–H groups in total. The van der Waals surface area contributed by atoms with Crippen LogP contribution < -0.4 is 4.90 Å². The van der Waals surface area contributed by atoms with Crippen molar-refractivity contribution in [1.29, 1.82) is 0 Å². The first-order valence-electron chi connectivity index (χ1n) is 5.85. The van der Waals surface area contributed by atoms with Crippen LogP contribution in [0.3, 0.4) is 0 Å². The first-order chi connectivity index (χ1) is 7.72. The molecule has 2 rings (SSSR count). The minimum absolute atomic E-state index is 0.212. The minimum atomic E-state index is 0.212. The summed E-state index contributed by atoms with van der Waals surface area (Å²) in [6.07, 6.45) is 0. The molecular formula is C13H20N2O. The fraction of sp³-hybridized carbons (Fsp3) is 0.538. The Morgan fingerprint density at radius 2 is 1.94 bits per heavy atom. The zero-order chi connectivity index (χ0) is 11.5. The van der Waals surface area contributed by atoms with Gasteiger partial charge in [0.15, 0.2) is 0 Å². The summed E-state index contributed by atoms with van der Waals surface area (Å²) in [4.78, 5) is 4.62. The largest absolute Gasteiger partial charge is 0.394 e. The first kappa shape index (κ1) is 11.4. The van der Waals surface area contributed by atoms with Crippen LogP contribution in [-0.4, -0.2) is 48.8 Å². The Kier molecular flexibility index (Phi) is 3.46. The van der Waals surface area contributed by atoms with Crippen molar-refractivity contribution in [2.75, 3.05) is 31.6 Å². The van der Waals surface area contributed by atoms with Crippen LogP contribution in [0.15, 0.2) is 30.3 Å². The van der Waals surface area contributed by atoms with Gasteiger partial charge in [-0.1, -0.05) is 18.2 Å². The summed E-state index contributed by atoms with van der Waals surface area (Å²) in [6, 6.07) is 11.1. The zero-order valence-corrected chi connectivity index (χ0v) is 10.0. The number of benzene rings is 1. The van der Waals surface area contributed by atoms with Crippen LogP contribution in [0.1, 0.15) is 6.92 Å². The number of aliphatic hydroxyl groups excluding tert-OH is 1. The molecule has 1 saturated heterocycles. The van der Waals surface area contributed by atoms with Crippen molar-refractivity contribution >= 4 is 5.69 Å². The van der Waals surface area contributed by atoms with Crippen LogP contribution in [0.2, 0.25) is 0 Å². The molecule has 88 valence electrons. The van der Waals surface area contributed by atoms with Gasteiger partial charge in [-0.15, -0.1) is 0 Å². The third kappa shape index (κ3) is 2.20. The van der Waals surface area contributed by atoms with Crippen molar-refractivity contribution in [2.24, 2.45) is 0 Å². The lowest BCUT2D eigenvalue weighted by Crippen LogP contribution is -2.57. The molecule has 0 spiro atoms. The highest BCUT2D eigenvalue weighted by molar-refractivity contribution is 5.48. The number of piperazine rings is 1. The molecule has 0 aliphatic carbocycles. The molecule has 0 saturated carbocycles. The number of hydrogen-bond donors (Lipinski definition) is 1. The van der Waals surface area contributed by atoms with Gasteiger partial charge in [0.25, 0.3) is 0 Å². The summed E-state index contributed by atoms with van der Waals surface area (Å²) >= 11 is 0. The maximum absolute atomic E-state index is 9.46. The van der Waals surface area contributed by atoms with E-state index >= 15 is 0 Å². The second-order valence-corrected chi connectivity index (χ2v) is 4.61. The summed E-state index contributed by atoms with van der Waals surface area (Å²) in [5.41, 5.74) is 1.21. The van der Waals surface area contributed by atoms with Crippen LogP contribution in [0, 0.1) is 0 Å². The van der Waals surface area contributed by atoms with Gasteiger partial charge in [-0.05, 0) is 26.1 Å². The first-order valence-corrected chi connectivity index (χ1v) is 5.85. The van der Waals surface area contributed by atoms with Gasteiger partial charge in [-0.25, -0.2) is 0 Å². The van der Waals surface area contributed by atoms with Crippen LogP contribution in [0.5, 0.6) is 0 Å². The minimum Gasteiger partial charge on any atom is -0.394 e. The Morgan fingerprint density at radius 1 is 1.25 bits per heavy atom. The number of para-hydroxylation sites is 1. The maximum atomic E-state index is 9.46. The molecule has 0 radical (unpaired) electrons. The number of hydrogen-bond acceptors (Lipinski definition) is 3. The highest BCUT2D eigenvalue weighted by atomic mass is 16.3. The fourth-order valence-corrected chi connectivity index (χ4v) is 2.28. The van der Waals surface area contributed by atoms with Crippen molar-refractivity contribution in [3.8, 4) is 0 Å². The average Bonchev–Trinajstić information content (AvgIpc) is 2.33. The topological polar surface area (TPSA) is 26.7 Å². The highest BCUT2D eigenvalue weighted by Gasteiger charge is 2.28. The SMILES string of the molecule is CC1CN(c2ccccc2)C(CO)CN1C. The Labute approximate surface area is 97.3 Å². The van der Waals surface area contributed by atoms with Gasteiger partial charge in [0.1, 0.15) is 0 Å². The van der Waals surface area contributed by atoms with Crippen LogP contribution in [0.25, 0.3) is 0 Å². The van der Waals surface area contributed by atoms with Crippen molar-refractivity contribution in [3.63, 3.8) is 0 Å². The Balaban J connectivity index is 2.19. The maximum Gasteiger partial charge on any atom is 0.0648 e. The number of likely N-dealkylation sites (N-methyl/N-ethyl adjacent to an activating group) is 1. The third-order valence-corrected chi connectivity index (χ3v) is 3.45. The van der Waals surface area contributed by atoms with E-state index in [1.807, 2.05) is 18.2 Å². The molecule has 3 nitrogen and oxygen atoms in total. The molecule has 1 aliphatic rings. The molecule has 1 heterocycles. The van der Waals surface area contributed by atoms with E-state index in [0.717, 1.165) is 13.1 Å². The second-order valence-electron chi connectivity index (χ2n) is 4.61. The summed E-state index contributed by atoms with van der Waals surface area (Å²) in [5, 5.41) is 9.46. The molecule has 0 bridgehead atoms. The van der Waals surface area contributed by atoms with E-state index in [0.29, 0.717) is 6.04 Å². The van der Waals surface area contributed by atoms with E-state index in [9.17, 15) is 5.11 Å². The van der Waals surface area contributed by atoms with E-state index in [1.165, 1.54) is 5.69 Å². The quantitative estimate of drug-likeness (QED) is 0.811. The number of nitrogens with zero attached hydrogens (tertiary/aromatic N) is 2. The predicted molar refractivity (Wildman–Crippen MR) is 66.8 cm³/mol. The van der Waals surface area contributed by atoms with Gasteiger partial charge in [-0.3, -0.25) is 4.90 Å².